The molecule has 6 nitrogen and oxygen atoms in total. The number of nitrogens with one attached hydrogen (secondary N) is 4. The summed E-state index contributed by atoms with van der Waals surface area (Å²) in [5.41, 5.74) is 2.88. The summed E-state index contributed by atoms with van der Waals surface area (Å²) in [7, 11) is 8.95. The molecule has 1 aromatic carbocycles. The zero-order chi connectivity index (χ0) is 14.8. The van der Waals surface area contributed by atoms with Crippen molar-refractivity contribution in [3.8, 4) is 11.5 Å². The van der Waals surface area contributed by atoms with Crippen molar-refractivity contribution >= 4 is 11.4 Å². The third-order valence-corrected chi connectivity index (χ3v) is 3.55. The predicted octanol–water partition coefficient (Wildman–Crippen LogP) is 0.782. The van der Waals surface area contributed by atoms with Gasteiger partial charge in [-0.25, -0.2) is 0 Å². The number of ether oxygens (including phenoxy) is 2. The minimum Gasteiger partial charge on any atom is -0.497 e. The van der Waals surface area contributed by atoms with Crippen LogP contribution in [0.3, 0.4) is 0 Å². The van der Waals surface area contributed by atoms with Crippen molar-refractivity contribution in [2.75, 3.05) is 40.7 Å². The van der Waals surface area contributed by atoms with Crippen LogP contribution in [-0.4, -0.2) is 41.1 Å². The number of anilines is 1. The lowest BCUT2D eigenvalue weighted by Crippen LogP contribution is -2.60. The highest BCUT2D eigenvalue weighted by Crippen LogP contribution is 2.40. The summed E-state index contributed by atoms with van der Waals surface area (Å²) >= 11 is 0. The monoisotopic (exact) mass is 278 g/mol. The average molecular weight is 278 g/mol. The van der Waals surface area contributed by atoms with Gasteiger partial charge in [-0.15, -0.1) is 0 Å². The molecule has 1 aliphatic heterocycles. The zero-order valence-electron chi connectivity index (χ0n) is 12.5. The summed E-state index contributed by atoms with van der Waals surface area (Å²) in [4.78, 5) is 0. The van der Waals surface area contributed by atoms with Crippen molar-refractivity contribution < 1.29 is 9.47 Å². The third kappa shape index (κ3) is 2.28. The molecule has 0 atom stereocenters. The number of fused-ring (bicyclic) bond motifs is 1. The van der Waals surface area contributed by atoms with Crippen LogP contribution < -0.4 is 30.7 Å². The van der Waals surface area contributed by atoms with Gasteiger partial charge in [0.15, 0.2) is 5.79 Å². The van der Waals surface area contributed by atoms with Crippen LogP contribution in [-0.2, 0) is 0 Å². The molecule has 0 saturated heterocycles. The molecule has 1 heterocycles. The Hall–Kier alpha value is -1.92. The Morgan fingerprint density at radius 3 is 2.25 bits per heavy atom. The number of hydrogen-bond donors (Lipinski definition) is 4. The van der Waals surface area contributed by atoms with Crippen LogP contribution in [0.5, 0.6) is 11.5 Å². The number of rotatable bonds is 5. The van der Waals surface area contributed by atoms with Crippen LogP contribution in [0, 0.1) is 0 Å². The van der Waals surface area contributed by atoms with Gasteiger partial charge in [0.05, 0.1) is 25.5 Å². The largest absolute Gasteiger partial charge is 0.497 e. The van der Waals surface area contributed by atoms with E-state index >= 15 is 0 Å². The first kappa shape index (κ1) is 14.5. The van der Waals surface area contributed by atoms with Gasteiger partial charge in [-0.3, -0.25) is 10.6 Å². The van der Waals surface area contributed by atoms with Crippen LogP contribution in [0.2, 0.25) is 0 Å². The number of likely N-dealkylation sites (N-methyl/N-ethyl adjacent to an activating group) is 2. The van der Waals surface area contributed by atoms with E-state index in [1.165, 1.54) is 0 Å². The molecule has 0 bridgehead atoms. The first-order valence-corrected chi connectivity index (χ1v) is 6.46. The topological polar surface area (TPSA) is 66.6 Å². The lowest BCUT2D eigenvalue weighted by molar-refractivity contribution is 0.390. The second-order valence-electron chi connectivity index (χ2n) is 4.49. The normalized spacial score (nSPS) is 15.8. The summed E-state index contributed by atoms with van der Waals surface area (Å²) in [6.45, 7) is 0. The summed E-state index contributed by atoms with van der Waals surface area (Å²) in [6, 6.07) is 3.82. The smallest absolute Gasteiger partial charge is 0.165 e. The van der Waals surface area contributed by atoms with Gasteiger partial charge in [0.1, 0.15) is 11.5 Å². The predicted molar refractivity (Wildman–Crippen MR) is 81.1 cm³/mol. The Balaban J connectivity index is 2.63. The molecule has 0 aliphatic carbocycles. The van der Waals surface area contributed by atoms with Gasteiger partial charge in [-0.1, -0.05) is 0 Å². The van der Waals surface area contributed by atoms with E-state index in [-0.39, 0.29) is 0 Å². The van der Waals surface area contributed by atoms with Crippen molar-refractivity contribution in [2.24, 2.45) is 0 Å². The van der Waals surface area contributed by atoms with E-state index < -0.39 is 5.79 Å². The van der Waals surface area contributed by atoms with E-state index in [1.54, 1.807) is 14.2 Å². The molecule has 6 heteroatoms. The van der Waals surface area contributed by atoms with Gasteiger partial charge in [0.25, 0.3) is 0 Å². The molecule has 0 saturated carbocycles. The van der Waals surface area contributed by atoms with Gasteiger partial charge in [-0.05, 0) is 20.2 Å². The van der Waals surface area contributed by atoms with Crippen LogP contribution >= 0.6 is 0 Å². The van der Waals surface area contributed by atoms with Crippen molar-refractivity contribution in [3.05, 3.63) is 23.8 Å². The molecule has 1 aromatic rings. The van der Waals surface area contributed by atoms with Gasteiger partial charge >= 0.3 is 0 Å². The highest BCUT2D eigenvalue weighted by Gasteiger charge is 2.32. The Morgan fingerprint density at radius 2 is 1.75 bits per heavy atom. The maximum Gasteiger partial charge on any atom is 0.165 e. The van der Waals surface area contributed by atoms with E-state index in [0.717, 1.165) is 28.4 Å². The summed E-state index contributed by atoms with van der Waals surface area (Å²) < 4.78 is 10.8. The highest BCUT2D eigenvalue weighted by molar-refractivity contribution is 5.85. The Kier molecular flexibility index (Phi) is 4.06. The molecular formula is C14H22N4O2. The maximum atomic E-state index is 5.48. The van der Waals surface area contributed by atoms with Crippen molar-refractivity contribution in [3.63, 3.8) is 0 Å². The van der Waals surface area contributed by atoms with Crippen molar-refractivity contribution in [1.29, 1.82) is 0 Å². The molecule has 0 spiro atoms. The second kappa shape index (κ2) is 5.60. The number of hydrogen-bond acceptors (Lipinski definition) is 6. The number of methoxy groups -OCH3 is 2. The fourth-order valence-corrected chi connectivity index (χ4v) is 2.37. The molecule has 4 N–H and O–H groups in total. The zero-order valence-corrected chi connectivity index (χ0v) is 12.5. The molecule has 110 valence electrons. The standard InChI is InChI=1S/C14H22N4O2/c1-15-11-8-14(16-2,17-3)18-10-6-9(19-4)7-12(20-5)13(10)11/h6-8,15-18H,1-5H3. The molecule has 0 amide bonds. The maximum absolute atomic E-state index is 5.48. The van der Waals surface area contributed by atoms with E-state index in [4.69, 9.17) is 9.47 Å². The van der Waals surface area contributed by atoms with Crippen LogP contribution in [0.4, 0.5) is 5.69 Å². The molecular weight excluding hydrogens is 256 g/mol. The minimum absolute atomic E-state index is 0.525. The van der Waals surface area contributed by atoms with Gasteiger partial charge in [0, 0.05) is 24.9 Å². The number of benzene rings is 1. The molecule has 0 aromatic heterocycles. The van der Waals surface area contributed by atoms with E-state index in [9.17, 15) is 0 Å². The Bertz CT molecular complexity index is 524. The SMILES string of the molecule is CNC1=CC(NC)(NC)Nc2cc(OC)cc(OC)c21. The molecule has 20 heavy (non-hydrogen) atoms. The van der Waals surface area contributed by atoms with Crippen LogP contribution in [0.1, 0.15) is 5.56 Å². The summed E-state index contributed by atoms with van der Waals surface area (Å²) in [5.74, 6) is 0.975. The lowest BCUT2D eigenvalue weighted by atomic mass is 10.0. The summed E-state index contributed by atoms with van der Waals surface area (Å²) in [5, 5.41) is 13.1. The molecule has 0 fully saturated rings. The average Bonchev–Trinajstić information content (AvgIpc) is 2.52. The van der Waals surface area contributed by atoms with Crippen molar-refractivity contribution in [1.82, 2.24) is 16.0 Å². The second-order valence-corrected chi connectivity index (χ2v) is 4.49. The molecule has 0 unspecified atom stereocenters. The minimum atomic E-state index is -0.525. The lowest BCUT2D eigenvalue weighted by Gasteiger charge is -2.38. The van der Waals surface area contributed by atoms with E-state index in [1.807, 2.05) is 39.4 Å². The van der Waals surface area contributed by atoms with Crippen LogP contribution in [0.15, 0.2) is 18.2 Å². The molecule has 0 radical (unpaired) electrons. The Morgan fingerprint density at radius 1 is 1.05 bits per heavy atom. The fraction of sp³-hybridized carbons (Fsp3) is 0.429. The highest BCUT2D eigenvalue weighted by atomic mass is 16.5. The van der Waals surface area contributed by atoms with Crippen molar-refractivity contribution in [2.45, 2.75) is 5.79 Å². The fourth-order valence-electron chi connectivity index (χ4n) is 2.37. The van der Waals surface area contributed by atoms with Gasteiger partial charge in [0.2, 0.25) is 0 Å². The quantitative estimate of drug-likeness (QED) is 0.597. The third-order valence-electron chi connectivity index (χ3n) is 3.55. The van der Waals surface area contributed by atoms with Crippen LogP contribution in [0.25, 0.3) is 5.70 Å². The first-order chi connectivity index (χ1) is 9.62. The Labute approximate surface area is 119 Å². The van der Waals surface area contributed by atoms with Gasteiger partial charge in [-0.2, -0.15) is 0 Å². The van der Waals surface area contributed by atoms with E-state index in [2.05, 4.69) is 21.3 Å². The van der Waals surface area contributed by atoms with Gasteiger partial charge < -0.3 is 20.1 Å². The first-order valence-electron chi connectivity index (χ1n) is 6.46. The van der Waals surface area contributed by atoms with E-state index in [0.29, 0.717) is 0 Å². The molecule has 2 rings (SSSR count). The molecule has 1 aliphatic rings. The summed E-state index contributed by atoms with van der Waals surface area (Å²) in [6.07, 6.45) is 2.05.